The molecule has 0 amide bonds. The summed E-state index contributed by atoms with van der Waals surface area (Å²) in [7, 11) is 0. The zero-order valence-corrected chi connectivity index (χ0v) is 28.2. The van der Waals surface area contributed by atoms with Crippen LogP contribution in [0.1, 0.15) is 34.9 Å². The number of benzene rings is 6. The van der Waals surface area contributed by atoms with Crippen LogP contribution in [0.15, 0.2) is 163 Å². The Morgan fingerprint density at radius 2 is 1.08 bits per heavy atom. The molecule has 0 saturated heterocycles. The SMILES string of the molecule is C=Cc1oc2ccc(N(c3ccccc3)c3ccc(-c4ccc(C)cc4)cc3)cc2c1/C=C\C.Cc1ccccc1-c1ccccc1C. The van der Waals surface area contributed by atoms with Crippen LogP contribution in [0.3, 0.4) is 0 Å². The number of furan rings is 1. The molecule has 0 aliphatic heterocycles. The third-order valence-corrected chi connectivity index (χ3v) is 8.62. The number of rotatable bonds is 7. The third-order valence-electron chi connectivity index (χ3n) is 8.62. The predicted octanol–water partition coefficient (Wildman–Crippen LogP) is 13.5. The largest absolute Gasteiger partial charge is 0.456 e. The minimum atomic E-state index is 0.791. The minimum Gasteiger partial charge on any atom is -0.456 e. The van der Waals surface area contributed by atoms with Crippen LogP contribution in [-0.2, 0) is 0 Å². The molecular formula is C46H41NO. The topological polar surface area (TPSA) is 16.4 Å². The molecule has 1 aromatic heterocycles. The van der Waals surface area contributed by atoms with Gasteiger partial charge in [-0.2, -0.15) is 0 Å². The van der Waals surface area contributed by atoms with Crippen molar-refractivity contribution in [1.29, 1.82) is 0 Å². The first kappa shape index (κ1) is 32.1. The van der Waals surface area contributed by atoms with Crippen LogP contribution in [0.2, 0.25) is 0 Å². The van der Waals surface area contributed by atoms with E-state index in [-0.39, 0.29) is 0 Å². The fraction of sp³-hybridized carbons (Fsp3) is 0.0870. The Morgan fingerprint density at radius 1 is 0.562 bits per heavy atom. The highest BCUT2D eigenvalue weighted by Gasteiger charge is 2.16. The maximum absolute atomic E-state index is 6.03. The van der Waals surface area contributed by atoms with Crippen LogP contribution < -0.4 is 4.90 Å². The smallest absolute Gasteiger partial charge is 0.135 e. The van der Waals surface area contributed by atoms with Gasteiger partial charge in [0, 0.05) is 28.0 Å². The summed E-state index contributed by atoms with van der Waals surface area (Å²) in [5.41, 5.74) is 14.2. The van der Waals surface area contributed by atoms with Gasteiger partial charge in [0.2, 0.25) is 0 Å². The first-order valence-electron chi connectivity index (χ1n) is 16.4. The molecule has 48 heavy (non-hydrogen) atoms. The van der Waals surface area contributed by atoms with Crippen LogP contribution >= 0.6 is 0 Å². The van der Waals surface area contributed by atoms with Crippen LogP contribution in [-0.4, -0.2) is 0 Å². The zero-order valence-electron chi connectivity index (χ0n) is 28.2. The van der Waals surface area contributed by atoms with Crippen LogP contribution in [0.4, 0.5) is 17.1 Å². The summed E-state index contributed by atoms with van der Waals surface area (Å²) in [6.45, 7) is 12.4. The number of hydrogen-bond donors (Lipinski definition) is 0. The Balaban J connectivity index is 0.000000239. The van der Waals surface area contributed by atoms with Gasteiger partial charge in [-0.3, -0.25) is 0 Å². The first-order chi connectivity index (χ1) is 23.5. The Bertz CT molecular complexity index is 2120. The van der Waals surface area contributed by atoms with Crippen molar-refractivity contribution in [3.05, 3.63) is 186 Å². The first-order valence-corrected chi connectivity index (χ1v) is 16.4. The Hall–Kier alpha value is -5.86. The van der Waals surface area contributed by atoms with Gasteiger partial charge in [-0.25, -0.2) is 0 Å². The molecule has 0 aliphatic carbocycles. The van der Waals surface area contributed by atoms with Gasteiger partial charge in [-0.1, -0.05) is 127 Å². The molecule has 0 saturated carbocycles. The summed E-state index contributed by atoms with van der Waals surface area (Å²) in [5, 5.41) is 1.07. The van der Waals surface area contributed by atoms with Crippen LogP contribution in [0.25, 0.3) is 45.4 Å². The van der Waals surface area contributed by atoms with Gasteiger partial charge in [0.25, 0.3) is 0 Å². The molecule has 0 aliphatic rings. The second-order valence-corrected chi connectivity index (χ2v) is 12.0. The quantitative estimate of drug-likeness (QED) is 0.176. The lowest BCUT2D eigenvalue weighted by Crippen LogP contribution is -2.09. The lowest BCUT2D eigenvalue weighted by atomic mass is 9.97. The number of allylic oxidation sites excluding steroid dienone is 1. The molecule has 0 unspecified atom stereocenters. The Labute approximate surface area is 284 Å². The van der Waals surface area contributed by atoms with E-state index in [1.165, 1.54) is 38.9 Å². The van der Waals surface area contributed by atoms with Crippen LogP contribution in [0.5, 0.6) is 0 Å². The maximum Gasteiger partial charge on any atom is 0.135 e. The third kappa shape index (κ3) is 6.94. The molecule has 2 nitrogen and oxygen atoms in total. The van der Waals surface area contributed by atoms with Gasteiger partial charge in [0.1, 0.15) is 11.3 Å². The van der Waals surface area contributed by atoms with Gasteiger partial charge < -0.3 is 9.32 Å². The van der Waals surface area contributed by atoms with E-state index in [4.69, 9.17) is 4.42 Å². The monoisotopic (exact) mass is 623 g/mol. The molecular weight excluding hydrogens is 583 g/mol. The van der Waals surface area contributed by atoms with E-state index in [1.54, 1.807) is 6.08 Å². The van der Waals surface area contributed by atoms with E-state index >= 15 is 0 Å². The lowest BCUT2D eigenvalue weighted by Gasteiger charge is -2.25. The average molecular weight is 624 g/mol. The molecule has 0 spiro atoms. The average Bonchev–Trinajstić information content (AvgIpc) is 3.47. The Morgan fingerprint density at radius 3 is 1.65 bits per heavy atom. The van der Waals surface area contributed by atoms with Crippen molar-refractivity contribution in [1.82, 2.24) is 0 Å². The second kappa shape index (κ2) is 14.7. The van der Waals surface area contributed by atoms with Gasteiger partial charge >= 0.3 is 0 Å². The molecule has 7 aromatic rings. The summed E-state index contributed by atoms with van der Waals surface area (Å²) in [6, 6.07) is 51.2. The summed E-state index contributed by atoms with van der Waals surface area (Å²) in [5.74, 6) is 0.791. The summed E-state index contributed by atoms with van der Waals surface area (Å²) < 4.78 is 6.03. The molecule has 0 bridgehead atoms. The van der Waals surface area contributed by atoms with E-state index in [9.17, 15) is 0 Å². The number of fused-ring (bicyclic) bond motifs is 1. The summed E-state index contributed by atoms with van der Waals surface area (Å²) in [4.78, 5) is 2.28. The van der Waals surface area contributed by atoms with E-state index in [0.29, 0.717) is 0 Å². The van der Waals surface area contributed by atoms with Crippen molar-refractivity contribution >= 4 is 40.2 Å². The highest BCUT2D eigenvalue weighted by molar-refractivity contribution is 5.95. The van der Waals surface area contributed by atoms with Crippen molar-refractivity contribution in [3.63, 3.8) is 0 Å². The van der Waals surface area contributed by atoms with Gasteiger partial charge in [-0.15, -0.1) is 0 Å². The van der Waals surface area contributed by atoms with Crippen molar-refractivity contribution in [3.8, 4) is 22.3 Å². The number of para-hydroxylation sites is 1. The number of anilines is 3. The molecule has 0 fully saturated rings. The number of hydrogen-bond acceptors (Lipinski definition) is 2. The highest BCUT2D eigenvalue weighted by Crippen LogP contribution is 2.39. The van der Waals surface area contributed by atoms with E-state index < -0.39 is 0 Å². The minimum absolute atomic E-state index is 0.791. The highest BCUT2D eigenvalue weighted by atomic mass is 16.3. The molecule has 236 valence electrons. The summed E-state index contributed by atoms with van der Waals surface area (Å²) >= 11 is 0. The molecule has 1 heterocycles. The normalized spacial score (nSPS) is 10.9. The van der Waals surface area contributed by atoms with Crippen molar-refractivity contribution in [2.45, 2.75) is 27.7 Å². The van der Waals surface area contributed by atoms with Gasteiger partial charge in [-0.05, 0) is 110 Å². The second-order valence-electron chi connectivity index (χ2n) is 12.0. The summed E-state index contributed by atoms with van der Waals surface area (Å²) in [6.07, 6.45) is 5.88. The number of aryl methyl sites for hydroxylation is 3. The molecule has 6 aromatic carbocycles. The zero-order chi connectivity index (χ0) is 33.5. The van der Waals surface area contributed by atoms with Crippen molar-refractivity contribution in [2.24, 2.45) is 0 Å². The maximum atomic E-state index is 6.03. The number of nitrogens with zero attached hydrogens (tertiary/aromatic N) is 1. The van der Waals surface area contributed by atoms with Crippen LogP contribution in [0, 0.1) is 20.8 Å². The predicted molar refractivity (Wildman–Crippen MR) is 207 cm³/mol. The van der Waals surface area contributed by atoms with E-state index in [0.717, 1.165) is 39.4 Å². The van der Waals surface area contributed by atoms with Gasteiger partial charge in [0.05, 0.1) is 0 Å². The molecule has 2 heteroatoms. The molecule has 7 rings (SSSR count). The molecule has 0 N–H and O–H groups in total. The van der Waals surface area contributed by atoms with Gasteiger partial charge in [0.15, 0.2) is 0 Å². The standard InChI is InChI=1S/C32H27NO.C14H14/c1-4-9-29-30-22-28(20-21-32(30)34-31(29)5-2)33(26-10-7-6-8-11-26)27-18-16-25(17-19-27)24-14-12-23(3)13-15-24;1-11-7-3-5-9-13(11)14-10-6-4-8-12(14)2/h4-22H,2H2,1,3H3;3-10H,1-2H3/b9-4-;. The lowest BCUT2D eigenvalue weighted by molar-refractivity contribution is 0.603. The fourth-order valence-electron chi connectivity index (χ4n) is 6.08. The Kier molecular flexibility index (Phi) is 9.83. The fourth-order valence-corrected chi connectivity index (χ4v) is 6.08. The van der Waals surface area contributed by atoms with Crippen molar-refractivity contribution < 1.29 is 4.42 Å². The molecule has 0 atom stereocenters. The molecule has 0 radical (unpaired) electrons. The van der Waals surface area contributed by atoms with E-state index in [1.807, 2.05) is 25.1 Å². The van der Waals surface area contributed by atoms with E-state index in [2.05, 4.69) is 172 Å². The van der Waals surface area contributed by atoms with Crippen molar-refractivity contribution in [2.75, 3.05) is 4.90 Å².